The minimum absolute atomic E-state index is 0.0928. The third kappa shape index (κ3) is 3.11. The summed E-state index contributed by atoms with van der Waals surface area (Å²) in [6.45, 7) is 1.89. The fourth-order valence-electron chi connectivity index (χ4n) is 1.93. The summed E-state index contributed by atoms with van der Waals surface area (Å²) in [5.74, 6) is 0.379. The lowest BCUT2D eigenvalue weighted by Gasteiger charge is -2.17. The molecule has 0 saturated carbocycles. The van der Waals surface area contributed by atoms with E-state index in [1.54, 1.807) is 12.1 Å². The van der Waals surface area contributed by atoms with Crippen LogP contribution in [0.4, 0.5) is 5.69 Å². The molecule has 0 amide bonds. The van der Waals surface area contributed by atoms with Crippen LogP contribution in [0.25, 0.3) is 0 Å². The van der Waals surface area contributed by atoms with Gasteiger partial charge in [-0.25, -0.2) is 8.42 Å². The molecule has 2 aromatic rings. The molecule has 1 unspecified atom stereocenters. The molecule has 4 nitrogen and oxygen atoms in total. The third-order valence-corrected chi connectivity index (χ3v) is 4.15. The molecule has 5 heteroatoms. The number of ether oxygens (including phenoxy) is 1. The Balaban J connectivity index is 2.31. The number of rotatable bonds is 4. The predicted octanol–water partition coefficient (Wildman–Crippen LogP) is 2.81. The van der Waals surface area contributed by atoms with Gasteiger partial charge in [-0.3, -0.25) is 0 Å². The number of anilines is 1. The number of hydrogen-bond acceptors (Lipinski definition) is 4. The van der Waals surface area contributed by atoms with Gasteiger partial charge < -0.3 is 10.5 Å². The Morgan fingerprint density at radius 3 is 2.30 bits per heavy atom. The molecule has 2 aromatic carbocycles. The summed E-state index contributed by atoms with van der Waals surface area (Å²) < 4.78 is 29.0. The van der Waals surface area contributed by atoms with Gasteiger partial charge in [0.25, 0.3) is 0 Å². The van der Waals surface area contributed by atoms with E-state index in [1.165, 1.54) is 6.07 Å². The van der Waals surface area contributed by atoms with Crippen molar-refractivity contribution in [2.24, 2.45) is 0 Å². The lowest BCUT2D eigenvalue weighted by Crippen LogP contribution is -2.08. The van der Waals surface area contributed by atoms with Crippen LogP contribution in [-0.4, -0.2) is 14.7 Å². The molecule has 0 aliphatic carbocycles. The van der Waals surface area contributed by atoms with E-state index in [9.17, 15) is 8.42 Å². The number of hydrogen-bond donors (Lipinski definition) is 1. The quantitative estimate of drug-likeness (QED) is 0.879. The summed E-state index contributed by atoms with van der Waals surface area (Å²) in [5, 5.41) is 0. The molecule has 2 rings (SSSR count). The van der Waals surface area contributed by atoms with Gasteiger partial charge in [-0.15, -0.1) is 0 Å². The van der Waals surface area contributed by atoms with Crippen molar-refractivity contribution in [3.63, 3.8) is 0 Å². The van der Waals surface area contributed by atoms with E-state index in [-0.39, 0.29) is 16.7 Å². The molecule has 2 N–H and O–H groups in total. The highest BCUT2D eigenvalue weighted by Crippen LogP contribution is 2.31. The van der Waals surface area contributed by atoms with Crippen molar-refractivity contribution >= 4 is 15.5 Å². The number of benzene rings is 2. The van der Waals surface area contributed by atoms with Crippen molar-refractivity contribution in [2.75, 3.05) is 12.0 Å². The Bertz CT molecular complexity index is 696. The molecule has 0 aliphatic heterocycles. The van der Waals surface area contributed by atoms with Gasteiger partial charge in [-0.2, -0.15) is 0 Å². The van der Waals surface area contributed by atoms with E-state index in [2.05, 4.69) is 0 Å². The van der Waals surface area contributed by atoms with Crippen molar-refractivity contribution in [1.29, 1.82) is 0 Å². The molecular formula is C15H17NO3S. The SMILES string of the molecule is CC(Oc1cccc(S(C)(=O)=O)c1N)c1ccccc1. The van der Waals surface area contributed by atoms with Crippen LogP contribution in [0.15, 0.2) is 53.4 Å². The normalized spacial score (nSPS) is 12.9. The Morgan fingerprint density at radius 2 is 1.70 bits per heavy atom. The fourth-order valence-corrected chi connectivity index (χ4v) is 2.76. The molecule has 0 aliphatic rings. The Kier molecular flexibility index (Phi) is 3.99. The van der Waals surface area contributed by atoms with Crippen molar-refractivity contribution in [3.8, 4) is 5.75 Å². The highest BCUT2D eigenvalue weighted by molar-refractivity contribution is 7.90. The molecular weight excluding hydrogens is 274 g/mol. The molecule has 1 atom stereocenters. The smallest absolute Gasteiger partial charge is 0.177 e. The summed E-state index contributed by atoms with van der Waals surface area (Å²) in [5.41, 5.74) is 7.04. The Morgan fingerprint density at radius 1 is 1.05 bits per heavy atom. The van der Waals surface area contributed by atoms with Gasteiger partial charge in [0.05, 0.1) is 10.6 Å². The van der Waals surface area contributed by atoms with Crippen LogP contribution in [0.5, 0.6) is 5.75 Å². The van der Waals surface area contributed by atoms with Crippen molar-refractivity contribution in [2.45, 2.75) is 17.9 Å². The van der Waals surface area contributed by atoms with Crippen LogP contribution in [0.1, 0.15) is 18.6 Å². The van der Waals surface area contributed by atoms with Gasteiger partial charge in [0.1, 0.15) is 11.9 Å². The maximum Gasteiger partial charge on any atom is 0.177 e. The highest BCUT2D eigenvalue weighted by Gasteiger charge is 2.16. The van der Waals surface area contributed by atoms with Gasteiger partial charge in [0, 0.05) is 6.26 Å². The van der Waals surface area contributed by atoms with Crippen LogP contribution < -0.4 is 10.5 Å². The van der Waals surface area contributed by atoms with E-state index < -0.39 is 9.84 Å². The van der Waals surface area contributed by atoms with Crippen LogP contribution >= 0.6 is 0 Å². The highest BCUT2D eigenvalue weighted by atomic mass is 32.2. The summed E-state index contributed by atoms with van der Waals surface area (Å²) in [7, 11) is -3.36. The topological polar surface area (TPSA) is 69.4 Å². The average molecular weight is 291 g/mol. The first-order chi connectivity index (χ1) is 9.39. The molecule has 0 bridgehead atoms. The standard InChI is InChI=1S/C15H17NO3S/c1-11(12-7-4-3-5-8-12)19-13-9-6-10-14(15(13)16)20(2,17)18/h3-11H,16H2,1-2H3. The molecule has 0 heterocycles. The van der Waals surface area contributed by atoms with E-state index in [0.29, 0.717) is 5.75 Å². The van der Waals surface area contributed by atoms with Gasteiger partial charge in [-0.05, 0) is 24.6 Å². The molecule has 0 radical (unpaired) electrons. The largest absolute Gasteiger partial charge is 0.484 e. The third-order valence-electron chi connectivity index (χ3n) is 3.00. The predicted molar refractivity (Wildman–Crippen MR) is 79.4 cm³/mol. The fraction of sp³-hybridized carbons (Fsp3) is 0.200. The van der Waals surface area contributed by atoms with Gasteiger partial charge in [-0.1, -0.05) is 36.4 Å². The second kappa shape index (κ2) is 5.54. The van der Waals surface area contributed by atoms with Crippen molar-refractivity contribution in [3.05, 3.63) is 54.1 Å². The van der Waals surface area contributed by atoms with Gasteiger partial charge >= 0.3 is 0 Å². The lowest BCUT2D eigenvalue weighted by molar-refractivity contribution is 0.228. The second-order valence-electron chi connectivity index (χ2n) is 4.61. The molecule has 0 aromatic heterocycles. The monoisotopic (exact) mass is 291 g/mol. The average Bonchev–Trinajstić information content (AvgIpc) is 2.40. The number of para-hydroxylation sites is 1. The Hall–Kier alpha value is -2.01. The van der Waals surface area contributed by atoms with Gasteiger partial charge in [0.2, 0.25) is 0 Å². The lowest BCUT2D eigenvalue weighted by atomic mass is 10.1. The first-order valence-corrected chi connectivity index (χ1v) is 8.09. The van der Waals surface area contributed by atoms with E-state index >= 15 is 0 Å². The van der Waals surface area contributed by atoms with Crippen molar-refractivity contribution in [1.82, 2.24) is 0 Å². The summed E-state index contributed by atoms with van der Waals surface area (Å²) >= 11 is 0. The van der Waals surface area contributed by atoms with E-state index in [0.717, 1.165) is 11.8 Å². The number of nitrogens with two attached hydrogens (primary N) is 1. The summed E-state index contributed by atoms with van der Waals surface area (Å²) in [4.78, 5) is 0.0928. The zero-order valence-electron chi connectivity index (χ0n) is 11.4. The zero-order chi connectivity index (χ0) is 14.8. The molecule has 20 heavy (non-hydrogen) atoms. The first kappa shape index (κ1) is 14.4. The van der Waals surface area contributed by atoms with Crippen molar-refractivity contribution < 1.29 is 13.2 Å². The van der Waals surface area contributed by atoms with E-state index in [1.807, 2.05) is 37.3 Å². The van der Waals surface area contributed by atoms with Crippen LogP contribution in [0, 0.1) is 0 Å². The summed E-state index contributed by atoms with van der Waals surface area (Å²) in [6.07, 6.45) is 0.914. The minimum Gasteiger partial charge on any atom is -0.484 e. The second-order valence-corrected chi connectivity index (χ2v) is 6.60. The maximum absolute atomic E-state index is 11.6. The molecule has 106 valence electrons. The van der Waals surface area contributed by atoms with E-state index in [4.69, 9.17) is 10.5 Å². The first-order valence-electron chi connectivity index (χ1n) is 6.19. The Labute approximate surface area is 119 Å². The maximum atomic E-state index is 11.6. The number of nitrogen functional groups attached to an aromatic ring is 1. The molecule has 0 fully saturated rings. The summed E-state index contributed by atoms with van der Waals surface area (Å²) in [6, 6.07) is 14.4. The van der Waals surface area contributed by atoms with Crippen LogP contribution in [-0.2, 0) is 9.84 Å². The number of sulfone groups is 1. The minimum atomic E-state index is -3.36. The molecule has 0 spiro atoms. The van der Waals surface area contributed by atoms with Crippen LogP contribution in [0.2, 0.25) is 0 Å². The molecule has 0 saturated heterocycles. The van der Waals surface area contributed by atoms with Gasteiger partial charge in [0.15, 0.2) is 9.84 Å². The van der Waals surface area contributed by atoms with Crippen LogP contribution in [0.3, 0.4) is 0 Å². The zero-order valence-corrected chi connectivity index (χ0v) is 12.2.